The minimum absolute atomic E-state index is 0.174. The van der Waals surface area contributed by atoms with E-state index < -0.39 is 0 Å². The van der Waals surface area contributed by atoms with E-state index >= 15 is 0 Å². The molecule has 2 bridgehead atoms. The Hall–Kier alpha value is -2.89. The van der Waals surface area contributed by atoms with E-state index in [-0.39, 0.29) is 11.1 Å². The van der Waals surface area contributed by atoms with Crippen LogP contribution in [0.1, 0.15) is 31.7 Å². The summed E-state index contributed by atoms with van der Waals surface area (Å²) < 4.78 is 9.58. The lowest BCUT2D eigenvalue weighted by Crippen LogP contribution is -2.64. The highest BCUT2D eigenvalue weighted by Crippen LogP contribution is 2.62. The van der Waals surface area contributed by atoms with Crippen LogP contribution < -0.4 is 4.90 Å². The molecule has 5 aliphatic rings. The number of hydrogen-bond acceptors (Lipinski definition) is 6. The topological polar surface area (TPSA) is 75.1 Å². The molecule has 0 atom stereocenters. The fourth-order valence-electron chi connectivity index (χ4n) is 6.08. The third kappa shape index (κ3) is 2.49. The zero-order chi connectivity index (χ0) is 21.5. The first-order valence-electron chi connectivity index (χ1n) is 11.6. The number of nitriles is 1. The van der Waals surface area contributed by atoms with Crippen LogP contribution in [0.25, 0.3) is 16.6 Å². The minimum Gasteiger partial charge on any atom is -0.377 e. The Morgan fingerprint density at radius 3 is 2.47 bits per heavy atom. The summed E-state index contributed by atoms with van der Waals surface area (Å²) in [6.45, 7) is 7.70. The summed E-state index contributed by atoms with van der Waals surface area (Å²) in [6, 6.07) is 6.53. The maximum Gasteiger partial charge on any atom is 0.103 e. The number of anilines is 1. The average molecular weight is 430 g/mol. The highest BCUT2D eigenvalue weighted by molar-refractivity contribution is 5.87. The molecule has 0 amide bonds. The maximum absolute atomic E-state index is 9.85. The molecule has 32 heavy (non-hydrogen) atoms. The molecule has 2 aromatic heterocycles. The second kappa shape index (κ2) is 6.33. The zero-order valence-corrected chi connectivity index (χ0v) is 18.4. The van der Waals surface area contributed by atoms with Gasteiger partial charge in [0.1, 0.15) is 11.8 Å². The van der Waals surface area contributed by atoms with Gasteiger partial charge in [-0.1, -0.05) is 0 Å². The fraction of sp³-hybridized carbons (Fsp3) is 0.542. The van der Waals surface area contributed by atoms with E-state index in [1.807, 2.05) is 23.1 Å². The lowest BCUT2D eigenvalue weighted by Gasteiger charge is -2.61. The van der Waals surface area contributed by atoms with Crippen molar-refractivity contribution in [1.82, 2.24) is 24.5 Å². The standard InChI is InChI=1S/C24H27N7O/c1-23(15-32-16-23)29-4-2-28(3-5-29)21-7-22-19(6-18(21)11-25)12-27-31(22)20-13-26-30(14-20)24-8-17(9-24)10-24/h6-7,12-14,17H,2-5,8-10,15-16H2,1H3. The van der Waals surface area contributed by atoms with Gasteiger partial charge in [0, 0.05) is 31.6 Å². The first-order chi connectivity index (χ1) is 15.6. The van der Waals surface area contributed by atoms with E-state index in [0.29, 0.717) is 5.56 Å². The third-order valence-electron chi connectivity index (χ3n) is 8.32. The van der Waals surface area contributed by atoms with Crippen LogP contribution in [0.5, 0.6) is 0 Å². The normalized spacial score (nSPS) is 28.6. The molecule has 2 aliphatic heterocycles. The van der Waals surface area contributed by atoms with Crippen LogP contribution >= 0.6 is 0 Å². The van der Waals surface area contributed by atoms with E-state index in [2.05, 4.69) is 49.9 Å². The largest absolute Gasteiger partial charge is 0.377 e. The first-order valence-corrected chi connectivity index (χ1v) is 11.6. The molecule has 0 spiro atoms. The van der Waals surface area contributed by atoms with E-state index in [1.54, 1.807) is 0 Å². The van der Waals surface area contributed by atoms with Crippen LogP contribution in [0.2, 0.25) is 0 Å². The molecule has 164 valence electrons. The second-order valence-corrected chi connectivity index (χ2v) is 10.4. The van der Waals surface area contributed by atoms with Gasteiger partial charge in [0.05, 0.1) is 59.6 Å². The van der Waals surface area contributed by atoms with Gasteiger partial charge < -0.3 is 9.64 Å². The highest BCUT2D eigenvalue weighted by Gasteiger charge is 2.58. The molecule has 4 heterocycles. The number of ether oxygens (including phenoxy) is 1. The summed E-state index contributed by atoms with van der Waals surface area (Å²) in [4.78, 5) is 4.88. The lowest BCUT2D eigenvalue weighted by atomic mass is 9.50. The van der Waals surface area contributed by atoms with E-state index in [9.17, 15) is 5.26 Å². The van der Waals surface area contributed by atoms with Gasteiger partial charge in [0.25, 0.3) is 0 Å². The predicted octanol–water partition coefficient (Wildman–Crippen LogP) is 2.51. The van der Waals surface area contributed by atoms with Crippen molar-refractivity contribution in [1.29, 1.82) is 5.26 Å². The number of benzene rings is 1. The minimum atomic E-state index is 0.174. The summed E-state index contributed by atoms with van der Waals surface area (Å²) in [6.07, 6.45) is 9.71. The smallest absolute Gasteiger partial charge is 0.103 e. The molecule has 5 fully saturated rings. The van der Waals surface area contributed by atoms with E-state index in [4.69, 9.17) is 4.74 Å². The SMILES string of the molecule is CC1(N2CCN(c3cc4c(cnn4-c4cnn(C56CC(C5)C6)c4)cc3C#N)CC2)COC1. The summed E-state index contributed by atoms with van der Waals surface area (Å²) >= 11 is 0. The molecular formula is C24H27N7O. The van der Waals surface area contributed by atoms with Crippen LogP contribution in [0, 0.1) is 17.2 Å². The molecule has 8 rings (SSSR count). The number of rotatable bonds is 4. The Morgan fingerprint density at radius 1 is 1.06 bits per heavy atom. The summed E-state index contributed by atoms with van der Waals surface area (Å²) in [5, 5.41) is 20.2. The highest BCUT2D eigenvalue weighted by atomic mass is 16.5. The van der Waals surface area contributed by atoms with Gasteiger partial charge >= 0.3 is 0 Å². The second-order valence-electron chi connectivity index (χ2n) is 10.4. The number of fused-ring (bicyclic) bond motifs is 1. The fourth-order valence-corrected chi connectivity index (χ4v) is 6.08. The Bertz CT molecular complexity index is 1240. The summed E-state index contributed by atoms with van der Waals surface area (Å²) in [5.41, 5.74) is 4.18. The van der Waals surface area contributed by atoms with Crippen molar-refractivity contribution in [3.63, 3.8) is 0 Å². The van der Waals surface area contributed by atoms with Crippen LogP contribution in [0.4, 0.5) is 5.69 Å². The van der Waals surface area contributed by atoms with E-state index in [0.717, 1.165) is 67.6 Å². The van der Waals surface area contributed by atoms with Crippen LogP contribution in [0.3, 0.4) is 0 Å². The Kier molecular flexibility index (Phi) is 3.69. The molecular weight excluding hydrogens is 402 g/mol. The molecule has 8 nitrogen and oxygen atoms in total. The number of hydrogen-bond donors (Lipinski definition) is 0. The Morgan fingerprint density at radius 2 is 1.84 bits per heavy atom. The molecule has 0 N–H and O–H groups in total. The third-order valence-corrected chi connectivity index (χ3v) is 8.32. The van der Waals surface area contributed by atoms with Crippen LogP contribution in [-0.4, -0.2) is 69.4 Å². The van der Waals surface area contributed by atoms with Gasteiger partial charge in [0.15, 0.2) is 0 Å². The summed E-state index contributed by atoms with van der Waals surface area (Å²) in [7, 11) is 0. The van der Waals surface area contributed by atoms with Gasteiger partial charge in [-0.3, -0.25) is 9.58 Å². The Balaban J connectivity index is 1.20. The van der Waals surface area contributed by atoms with Crippen LogP contribution in [0.15, 0.2) is 30.7 Å². The number of nitrogens with zero attached hydrogens (tertiary/aromatic N) is 7. The van der Waals surface area contributed by atoms with Crippen molar-refractivity contribution in [2.24, 2.45) is 5.92 Å². The molecule has 3 aliphatic carbocycles. The van der Waals surface area contributed by atoms with Crippen molar-refractivity contribution in [3.05, 3.63) is 36.3 Å². The lowest BCUT2D eigenvalue weighted by molar-refractivity contribution is -0.131. The molecule has 3 saturated carbocycles. The van der Waals surface area contributed by atoms with E-state index in [1.165, 1.54) is 19.3 Å². The maximum atomic E-state index is 9.85. The van der Waals surface area contributed by atoms with Crippen molar-refractivity contribution in [3.8, 4) is 11.8 Å². The van der Waals surface area contributed by atoms with Crippen molar-refractivity contribution >= 4 is 16.6 Å². The van der Waals surface area contributed by atoms with Crippen molar-refractivity contribution < 1.29 is 4.74 Å². The molecule has 8 heteroatoms. The molecule has 1 aromatic carbocycles. The van der Waals surface area contributed by atoms with Gasteiger partial charge in [-0.2, -0.15) is 15.5 Å². The molecule has 0 unspecified atom stereocenters. The van der Waals surface area contributed by atoms with Gasteiger partial charge in [-0.25, -0.2) is 4.68 Å². The van der Waals surface area contributed by atoms with Crippen molar-refractivity contribution in [2.75, 3.05) is 44.3 Å². The average Bonchev–Trinajstić information content (AvgIpc) is 3.35. The molecule has 0 radical (unpaired) electrons. The van der Waals surface area contributed by atoms with Gasteiger partial charge in [-0.05, 0) is 44.2 Å². The van der Waals surface area contributed by atoms with Crippen molar-refractivity contribution in [2.45, 2.75) is 37.3 Å². The quantitative estimate of drug-likeness (QED) is 0.634. The molecule has 3 aromatic rings. The predicted molar refractivity (Wildman–Crippen MR) is 120 cm³/mol. The zero-order valence-electron chi connectivity index (χ0n) is 18.4. The van der Waals surface area contributed by atoms with Gasteiger partial charge in [-0.15, -0.1) is 0 Å². The number of piperazine rings is 1. The first kappa shape index (κ1) is 18.7. The number of aromatic nitrogens is 4. The Labute approximate surface area is 186 Å². The van der Waals surface area contributed by atoms with Crippen LogP contribution in [-0.2, 0) is 10.3 Å². The monoisotopic (exact) mass is 429 g/mol. The van der Waals surface area contributed by atoms with Gasteiger partial charge in [0.2, 0.25) is 0 Å². The summed E-state index contributed by atoms with van der Waals surface area (Å²) in [5.74, 6) is 0.917. The molecule has 2 saturated heterocycles.